The van der Waals surface area contributed by atoms with Gasteiger partial charge in [-0.15, -0.1) is 0 Å². The Bertz CT molecular complexity index is 617. The van der Waals surface area contributed by atoms with E-state index >= 15 is 0 Å². The second-order valence-electron chi connectivity index (χ2n) is 4.89. The predicted molar refractivity (Wildman–Crippen MR) is 82.6 cm³/mol. The van der Waals surface area contributed by atoms with Crippen molar-refractivity contribution < 1.29 is 0 Å². The summed E-state index contributed by atoms with van der Waals surface area (Å²) in [7, 11) is 0. The molecule has 0 amide bonds. The number of nitrogens with two attached hydrogens (primary N) is 1. The Kier molecular flexibility index (Phi) is 3.08. The lowest BCUT2D eigenvalue weighted by molar-refractivity contribution is 0.759. The van der Waals surface area contributed by atoms with Crippen molar-refractivity contribution in [1.82, 2.24) is 0 Å². The smallest absolute Gasteiger partial charge is 0.0793 e. The average Bonchev–Trinajstić information content (AvgIpc) is 2.65. The van der Waals surface area contributed by atoms with Gasteiger partial charge in [-0.05, 0) is 37.1 Å². The molecule has 1 atom stereocenters. The third kappa shape index (κ3) is 2.05. The molecule has 2 N–H and O–H groups in total. The average molecular weight is 293 g/mol. The van der Waals surface area contributed by atoms with Crippen LogP contribution >= 0.6 is 23.2 Å². The number of anilines is 3. The summed E-state index contributed by atoms with van der Waals surface area (Å²) in [4.78, 5) is 2.19. The van der Waals surface area contributed by atoms with Crippen molar-refractivity contribution in [2.24, 2.45) is 0 Å². The van der Waals surface area contributed by atoms with Crippen molar-refractivity contribution >= 4 is 40.3 Å². The van der Waals surface area contributed by atoms with Gasteiger partial charge in [-0.3, -0.25) is 0 Å². The second-order valence-corrected chi connectivity index (χ2v) is 5.70. The van der Waals surface area contributed by atoms with Crippen LogP contribution in [0.1, 0.15) is 12.5 Å². The monoisotopic (exact) mass is 292 g/mol. The lowest BCUT2D eigenvalue weighted by Crippen LogP contribution is -2.24. The molecule has 19 heavy (non-hydrogen) atoms. The summed E-state index contributed by atoms with van der Waals surface area (Å²) >= 11 is 12.7. The van der Waals surface area contributed by atoms with Gasteiger partial charge in [0.25, 0.3) is 0 Å². The minimum absolute atomic E-state index is 0.330. The highest BCUT2D eigenvalue weighted by Gasteiger charge is 2.29. The maximum absolute atomic E-state index is 6.34. The van der Waals surface area contributed by atoms with Crippen LogP contribution in [0.3, 0.4) is 0 Å². The van der Waals surface area contributed by atoms with Gasteiger partial charge in [0.15, 0.2) is 0 Å². The van der Waals surface area contributed by atoms with Gasteiger partial charge in [0.2, 0.25) is 0 Å². The van der Waals surface area contributed by atoms with Crippen LogP contribution in [0.15, 0.2) is 36.4 Å². The van der Waals surface area contributed by atoms with Crippen molar-refractivity contribution in [3.8, 4) is 0 Å². The van der Waals surface area contributed by atoms with Crippen molar-refractivity contribution in [3.63, 3.8) is 0 Å². The first-order valence-corrected chi connectivity index (χ1v) is 6.95. The molecule has 1 aliphatic rings. The number of halogens is 2. The summed E-state index contributed by atoms with van der Waals surface area (Å²) in [5.41, 5.74) is 9.68. The quantitative estimate of drug-likeness (QED) is 0.775. The number of nitrogen functional groups attached to an aromatic ring is 1. The highest BCUT2D eigenvalue weighted by Crippen LogP contribution is 2.45. The van der Waals surface area contributed by atoms with Gasteiger partial charge in [0, 0.05) is 17.4 Å². The molecule has 0 aromatic heterocycles. The topological polar surface area (TPSA) is 29.3 Å². The fourth-order valence-electron chi connectivity index (χ4n) is 2.72. The molecule has 2 aromatic carbocycles. The van der Waals surface area contributed by atoms with E-state index < -0.39 is 0 Å². The van der Waals surface area contributed by atoms with Gasteiger partial charge in [-0.1, -0.05) is 41.4 Å². The van der Waals surface area contributed by atoms with Crippen molar-refractivity contribution in [2.45, 2.75) is 19.4 Å². The fourth-order valence-corrected chi connectivity index (χ4v) is 3.41. The lowest BCUT2D eigenvalue weighted by Gasteiger charge is -2.27. The summed E-state index contributed by atoms with van der Waals surface area (Å²) in [6.45, 7) is 2.17. The normalized spacial score (nSPS) is 17.6. The number of benzene rings is 2. The van der Waals surface area contributed by atoms with Crippen molar-refractivity contribution in [1.29, 1.82) is 0 Å². The fraction of sp³-hybridized carbons (Fsp3) is 0.200. The Labute approximate surface area is 122 Å². The van der Waals surface area contributed by atoms with E-state index in [0.717, 1.165) is 12.1 Å². The summed E-state index contributed by atoms with van der Waals surface area (Å²) in [5.74, 6) is 0. The minimum atomic E-state index is 0.330. The van der Waals surface area contributed by atoms with Gasteiger partial charge in [0.05, 0.1) is 15.7 Å². The Morgan fingerprint density at radius 2 is 1.79 bits per heavy atom. The Balaban J connectivity index is 2.18. The van der Waals surface area contributed by atoms with Crippen LogP contribution in [-0.2, 0) is 6.42 Å². The first-order chi connectivity index (χ1) is 9.08. The SMILES string of the molecule is CC1Cc2ccccc2N1c1c(Cl)cc(N)cc1Cl. The lowest BCUT2D eigenvalue weighted by atomic mass is 10.1. The van der Waals surface area contributed by atoms with Crippen LogP contribution in [-0.4, -0.2) is 6.04 Å². The molecule has 0 saturated carbocycles. The standard InChI is InChI=1S/C15H14Cl2N2/c1-9-6-10-4-2-3-5-14(10)19(9)15-12(16)7-11(18)8-13(15)17/h2-5,7-9H,6,18H2,1H3. The van der Waals surface area contributed by atoms with E-state index in [1.165, 1.54) is 11.3 Å². The molecule has 2 aromatic rings. The largest absolute Gasteiger partial charge is 0.399 e. The van der Waals surface area contributed by atoms with Gasteiger partial charge in [-0.25, -0.2) is 0 Å². The van der Waals surface area contributed by atoms with Crippen LogP contribution in [0.5, 0.6) is 0 Å². The van der Waals surface area contributed by atoms with E-state index in [9.17, 15) is 0 Å². The van der Waals surface area contributed by atoms with Gasteiger partial charge in [-0.2, -0.15) is 0 Å². The van der Waals surface area contributed by atoms with Crippen LogP contribution in [0, 0.1) is 0 Å². The molecule has 1 aliphatic heterocycles. The molecule has 98 valence electrons. The molecule has 1 heterocycles. The molecule has 1 unspecified atom stereocenters. The van der Waals surface area contributed by atoms with Crippen LogP contribution in [0.2, 0.25) is 10.0 Å². The number of hydrogen-bond donors (Lipinski definition) is 1. The molecule has 0 spiro atoms. The molecule has 2 nitrogen and oxygen atoms in total. The molecular weight excluding hydrogens is 279 g/mol. The molecular formula is C15H14Cl2N2. The van der Waals surface area contributed by atoms with Gasteiger partial charge >= 0.3 is 0 Å². The maximum atomic E-state index is 6.34. The Morgan fingerprint density at radius 3 is 2.47 bits per heavy atom. The summed E-state index contributed by atoms with van der Waals surface area (Å²) in [5, 5.41) is 1.18. The van der Waals surface area contributed by atoms with E-state index in [1.807, 2.05) is 6.07 Å². The summed E-state index contributed by atoms with van der Waals surface area (Å²) in [6.07, 6.45) is 0.993. The number of para-hydroxylation sites is 1. The van der Waals surface area contributed by atoms with E-state index in [0.29, 0.717) is 21.8 Å². The zero-order valence-corrected chi connectivity index (χ0v) is 12.0. The highest BCUT2D eigenvalue weighted by molar-refractivity contribution is 6.39. The first kappa shape index (κ1) is 12.6. The predicted octanol–water partition coefficient (Wildman–Crippen LogP) is 4.66. The van der Waals surface area contributed by atoms with Crippen LogP contribution < -0.4 is 10.6 Å². The van der Waals surface area contributed by atoms with Crippen molar-refractivity contribution in [3.05, 3.63) is 52.0 Å². The number of fused-ring (bicyclic) bond motifs is 1. The zero-order valence-electron chi connectivity index (χ0n) is 10.5. The molecule has 0 bridgehead atoms. The van der Waals surface area contributed by atoms with Crippen LogP contribution in [0.25, 0.3) is 0 Å². The second kappa shape index (κ2) is 4.62. The molecule has 0 fully saturated rings. The third-order valence-corrected chi connectivity index (χ3v) is 4.06. The van der Waals surface area contributed by atoms with E-state index in [2.05, 4.69) is 30.0 Å². The summed E-state index contributed by atoms with van der Waals surface area (Å²) in [6, 6.07) is 12.2. The Morgan fingerprint density at radius 1 is 1.16 bits per heavy atom. The zero-order chi connectivity index (χ0) is 13.6. The molecule has 0 radical (unpaired) electrons. The number of nitrogens with zero attached hydrogens (tertiary/aromatic N) is 1. The van der Waals surface area contributed by atoms with Crippen molar-refractivity contribution in [2.75, 3.05) is 10.6 Å². The molecule has 3 rings (SSSR count). The molecule has 0 saturated heterocycles. The van der Waals surface area contributed by atoms with Crippen LogP contribution in [0.4, 0.5) is 17.1 Å². The molecule has 4 heteroatoms. The van der Waals surface area contributed by atoms with Gasteiger partial charge in [0.1, 0.15) is 0 Å². The maximum Gasteiger partial charge on any atom is 0.0793 e. The van der Waals surface area contributed by atoms with E-state index in [4.69, 9.17) is 28.9 Å². The molecule has 0 aliphatic carbocycles. The van der Waals surface area contributed by atoms with E-state index in [1.54, 1.807) is 12.1 Å². The Hall–Kier alpha value is -1.38. The first-order valence-electron chi connectivity index (χ1n) is 6.19. The number of hydrogen-bond acceptors (Lipinski definition) is 2. The van der Waals surface area contributed by atoms with Gasteiger partial charge < -0.3 is 10.6 Å². The highest BCUT2D eigenvalue weighted by atomic mass is 35.5. The summed E-state index contributed by atoms with van der Waals surface area (Å²) < 4.78 is 0. The third-order valence-electron chi connectivity index (χ3n) is 3.49. The van der Waals surface area contributed by atoms with E-state index in [-0.39, 0.29) is 0 Å². The minimum Gasteiger partial charge on any atom is -0.399 e. The number of rotatable bonds is 1.